The summed E-state index contributed by atoms with van der Waals surface area (Å²) < 4.78 is 83.1. The number of piperazine rings is 1. The predicted octanol–water partition coefficient (Wildman–Crippen LogP) is 7.01. The zero-order chi connectivity index (χ0) is 29.9. The molecule has 1 amide bonds. The van der Waals surface area contributed by atoms with Gasteiger partial charge in [0.1, 0.15) is 11.6 Å². The fourth-order valence-electron chi connectivity index (χ4n) is 5.21. The van der Waals surface area contributed by atoms with Crippen molar-refractivity contribution in [1.82, 2.24) is 14.8 Å². The second-order valence-electron chi connectivity index (χ2n) is 10.4. The normalized spacial score (nSPS) is 20.7. The highest BCUT2D eigenvalue weighted by Crippen LogP contribution is 2.37. The van der Waals surface area contributed by atoms with Gasteiger partial charge in [0.25, 0.3) is 0 Å². The van der Waals surface area contributed by atoms with Gasteiger partial charge < -0.3 is 15.0 Å². The van der Waals surface area contributed by atoms with Crippen LogP contribution in [0.3, 0.4) is 0 Å². The molecule has 2 fully saturated rings. The molecule has 2 heterocycles. The van der Waals surface area contributed by atoms with Crippen LogP contribution in [-0.2, 0) is 22.3 Å². The largest absolute Gasteiger partial charge is 0.446 e. The topological polar surface area (TPSA) is 57.7 Å². The van der Waals surface area contributed by atoms with Crippen LogP contribution >= 0.6 is 23.1 Å². The Balaban J connectivity index is 0.997. The van der Waals surface area contributed by atoms with Gasteiger partial charge >= 0.3 is 11.7 Å². The number of hydrogen-bond acceptors (Lipinski definition) is 7. The molecule has 6 nitrogen and oxygen atoms in total. The zero-order valence-corrected chi connectivity index (χ0v) is 24.1. The number of carbonyl (C=O) groups is 1. The molecule has 1 aliphatic heterocycles. The molecule has 1 saturated carbocycles. The van der Waals surface area contributed by atoms with E-state index in [1.165, 1.54) is 29.5 Å². The average Bonchev–Trinajstić information content (AvgIpc) is 3.34. The lowest BCUT2D eigenvalue weighted by Gasteiger charge is -2.35. The van der Waals surface area contributed by atoms with E-state index in [9.17, 15) is 31.1 Å². The minimum Gasteiger partial charge on any atom is -0.382 e. The molecule has 2 aliphatic rings. The highest BCUT2D eigenvalue weighted by atomic mass is 32.2. The fourth-order valence-corrected chi connectivity index (χ4v) is 6.74. The molecule has 1 saturated heterocycles. The Morgan fingerprint density at radius 3 is 2.31 bits per heavy atom. The van der Waals surface area contributed by atoms with E-state index in [1.54, 1.807) is 17.0 Å². The lowest BCUT2D eigenvalue weighted by atomic mass is 9.93. The number of thiazole rings is 1. The second-order valence-corrected chi connectivity index (χ2v) is 12.7. The number of alkyl halides is 6. The molecule has 42 heavy (non-hydrogen) atoms. The minimum atomic E-state index is -4.40. The summed E-state index contributed by atoms with van der Waals surface area (Å²) in [6.07, 6.45) is -1.18. The van der Waals surface area contributed by atoms with E-state index in [4.69, 9.17) is 4.74 Å². The Morgan fingerprint density at radius 1 is 0.976 bits per heavy atom. The van der Waals surface area contributed by atoms with Gasteiger partial charge in [-0.1, -0.05) is 0 Å². The average molecular weight is 633 g/mol. The van der Waals surface area contributed by atoms with E-state index >= 15 is 0 Å². The number of aromatic nitrogens is 1. The first kappa shape index (κ1) is 30.9. The van der Waals surface area contributed by atoms with Crippen molar-refractivity contribution in [1.29, 1.82) is 0 Å². The van der Waals surface area contributed by atoms with Gasteiger partial charge in [-0.2, -0.15) is 26.3 Å². The van der Waals surface area contributed by atoms with E-state index < -0.39 is 17.2 Å². The van der Waals surface area contributed by atoms with Gasteiger partial charge in [0.2, 0.25) is 5.91 Å². The lowest BCUT2D eigenvalue weighted by Crippen LogP contribution is -2.49. The third kappa shape index (κ3) is 8.51. The quantitative estimate of drug-likeness (QED) is 0.213. The molecule has 0 atom stereocenters. The van der Waals surface area contributed by atoms with E-state index in [0.29, 0.717) is 42.9 Å². The zero-order valence-electron chi connectivity index (χ0n) is 22.5. The molecule has 5 rings (SSSR count). The van der Waals surface area contributed by atoms with Gasteiger partial charge in [-0.15, -0.1) is 11.3 Å². The second kappa shape index (κ2) is 13.0. The summed E-state index contributed by atoms with van der Waals surface area (Å²) in [7, 11) is 0. The summed E-state index contributed by atoms with van der Waals surface area (Å²) in [5.41, 5.74) is -3.89. The summed E-state index contributed by atoms with van der Waals surface area (Å²) in [5.74, 6) is -0.0635. The molecular formula is C28H30F6N4O2S2. The fraction of sp³-hybridized carbons (Fsp3) is 0.500. The van der Waals surface area contributed by atoms with Crippen LogP contribution in [0.2, 0.25) is 0 Å². The van der Waals surface area contributed by atoms with Gasteiger partial charge in [0.15, 0.2) is 0 Å². The molecule has 2 aromatic carbocycles. The van der Waals surface area contributed by atoms with Crippen LogP contribution in [0.25, 0.3) is 10.2 Å². The maximum atomic E-state index is 13.0. The molecule has 0 radical (unpaired) electrons. The van der Waals surface area contributed by atoms with E-state index in [0.717, 1.165) is 48.5 Å². The third-order valence-corrected chi connectivity index (χ3v) is 9.18. The number of carbonyl (C=O) groups excluding carboxylic acids is 1. The molecule has 228 valence electrons. The van der Waals surface area contributed by atoms with Crippen LogP contribution in [0.5, 0.6) is 0 Å². The lowest BCUT2D eigenvalue weighted by molar-refractivity contribution is -0.140. The number of hydrogen-bond donors (Lipinski definition) is 1. The summed E-state index contributed by atoms with van der Waals surface area (Å²) in [4.78, 5) is 21.2. The first-order chi connectivity index (χ1) is 19.9. The highest BCUT2D eigenvalue weighted by molar-refractivity contribution is 8.00. The maximum Gasteiger partial charge on any atom is 0.446 e. The predicted molar refractivity (Wildman–Crippen MR) is 150 cm³/mol. The van der Waals surface area contributed by atoms with Crippen molar-refractivity contribution in [2.75, 3.05) is 38.1 Å². The van der Waals surface area contributed by atoms with Gasteiger partial charge in [-0.3, -0.25) is 9.69 Å². The molecule has 0 bridgehead atoms. The van der Waals surface area contributed by atoms with Crippen molar-refractivity contribution in [2.24, 2.45) is 0 Å². The van der Waals surface area contributed by atoms with Crippen LogP contribution < -0.4 is 5.32 Å². The van der Waals surface area contributed by atoms with Crippen LogP contribution in [0.1, 0.15) is 36.3 Å². The molecule has 1 aliphatic carbocycles. The number of halogens is 6. The number of nitrogens with zero attached hydrogens (tertiary/aromatic N) is 3. The van der Waals surface area contributed by atoms with Gasteiger partial charge in [0, 0.05) is 42.8 Å². The highest BCUT2D eigenvalue weighted by Gasteiger charge is 2.31. The number of ether oxygens (including phenoxy) is 1. The molecule has 0 unspecified atom stereocenters. The summed E-state index contributed by atoms with van der Waals surface area (Å²) in [6.45, 7) is 2.91. The van der Waals surface area contributed by atoms with E-state index in [2.05, 4.69) is 15.2 Å². The number of thioether (sulfide) groups is 1. The Morgan fingerprint density at radius 2 is 1.67 bits per heavy atom. The Bertz CT molecular complexity index is 1350. The Hall–Kier alpha value is -2.55. The molecule has 14 heteroatoms. The minimum absolute atomic E-state index is 0.0144. The van der Waals surface area contributed by atoms with Gasteiger partial charge in [0.05, 0.1) is 28.4 Å². The number of amides is 1. The molecule has 1 aromatic heterocycles. The molecule has 3 aromatic rings. The van der Waals surface area contributed by atoms with Crippen LogP contribution in [0.15, 0.2) is 47.4 Å². The van der Waals surface area contributed by atoms with E-state index in [-0.39, 0.29) is 41.3 Å². The smallest absolute Gasteiger partial charge is 0.382 e. The van der Waals surface area contributed by atoms with Crippen LogP contribution in [0, 0.1) is 0 Å². The Kier molecular flexibility index (Phi) is 9.55. The van der Waals surface area contributed by atoms with Crippen molar-refractivity contribution in [2.45, 2.75) is 61.0 Å². The number of anilines is 1. The van der Waals surface area contributed by atoms with Crippen molar-refractivity contribution in [3.8, 4) is 0 Å². The first-order valence-corrected chi connectivity index (χ1v) is 15.3. The summed E-state index contributed by atoms with van der Waals surface area (Å²) in [5, 5.41) is 4.12. The summed E-state index contributed by atoms with van der Waals surface area (Å²) in [6, 6.07) is 10.0. The summed E-state index contributed by atoms with van der Waals surface area (Å²) >= 11 is 1.25. The Labute approximate surface area is 247 Å². The van der Waals surface area contributed by atoms with E-state index in [1.807, 2.05) is 0 Å². The number of benzene rings is 2. The van der Waals surface area contributed by atoms with Gasteiger partial charge in [-0.25, -0.2) is 4.98 Å². The standard InChI is InChI=1S/C28H30F6N4O2S2/c29-27(30,31)18-1-10-24-23(15-18)36-25(41-24)16-37-11-13-38(14-12-37)26(39)17-40-21-6-2-19(3-7-21)35-20-4-8-22(9-5-20)42-28(32,33)34/h1,4-5,8-10,15,19,21,35H,2-3,6-7,11-14,16-17H2. The number of rotatable bonds is 8. The number of nitrogens with one attached hydrogen (secondary N) is 1. The van der Waals surface area contributed by atoms with Gasteiger partial charge in [-0.05, 0) is 79.9 Å². The van der Waals surface area contributed by atoms with Crippen molar-refractivity contribution < 1.29 is 35.9 Å². The van der Waals surface area contributed by atoms with Crippen molar-refractivity contribution in [3.63, 3.8) is 0 Å². The monoisotopic (exact) mass is 632 g/mol. The molecular weight excluding hydrogens is 602 g/mol. The maximum absolute atomic E-state index is 13.0. The van der Waals surface area contributed by atoms with Crippen LogP contribution in [-0.4, -0.2) is 71.1 Å². The third-order valence-electron chi connectivity index (χ3n) is 7.42. The van der Waals surface area contributed by atoms with Crippen LogP contribution in [0.4, 0.5) is 32.0 Å². The van der Waals surface area contributed by atoms with Crippen molar-refractivity contribution in [3.05, 3.63) is 53.0 Å². The first-order valence-electron chi connectivity index (χ1n) is 13.6. The molecule has 1 N–H and O–H groups in total. The molecule has 0 spiro atoms. The number of fused-ring (bicyclic) bond motifs is 1. The van der Waals surface area contributed by atoms with Crippen molar-refractivity contribution >= 4 is 44.9 Å². The SMILES string of the molecule is O=C(COC1CCC(Nc2ccc(SC(F)(F)F)cc2)CC1)N1CCN(Cc2nc3cc(C(F)(F)F)ccc3s2)CC1.